The van der Waals surface area contributed by atoms with Gasteiger partial charge in [0.1, 0.15) is 6.29 Å². The molecular weight excluding hydrogens is 148 g/mol. The Morgan fingerprint density at radius 2 is 2.17 bits per heavy atom. The highest BCUT2D eigenvalue weighted by molar-refractivity contribution is 5.50. The van der Waals surface area contributed by atoms with Gasteiger partial charge in [0.25, 0.3) is 0 Å². The fraction of sp³-hybridized carbons (Fsp3) is 0.909. The molecule has 0 spiro atoms. The Morgan fingerprint density at radius 1 is 1.42 bits per heavy atom. The van der Waals surface area contributed by atoms with Crippen LogP contribution in [-0.4, -0.2) is 6.29 Å². The summed E-state index contributed by atoms with van der Waals surface area (Å²) >= 11 is 0. The van der Waals surface area contributed by atoms with E-state index in [1.165, 1.54) is 19.3 Å². The van der Waals surface area contributed by atoms with Crippen LogP contribution in [0, 0.1) is 23.2 Å². The fourth-order valence-electron chi connectivity index (χ4n) is 3.57. The highest BCUT2D eigenvalue weighted by Crippen LogP contribution is 2.59. The van der Waals surface area contributed by atoms with Gasteiger partial charge in [-0.25, -0.2) is 0 Å². The monoisotopic (exact) mass is 166 g/mol. The normalized spacial score (nSPS) is 43.3. The molecule has 12 heavy (non-hydrogen) atoms. The molecule has 2 fully saturated rings. The third-order valence-corrected chi connectivity index (χ3v) is 4.40. The van der Waals surface area contributed by atoms with Gasteiger partial charge in [0, 0.05) is 6.42 Å². The van der Waals surface area contributed by atoms with Crippen LogP contribution in [0.3, 0.4) is 0 Å². The maximum absolute atomic E-state index is 10.5. The minimum Gasteiger partial charge on any atom is -0.303 e. The molecule has 1 nitrogen and oxygen atoms in total. The summed E-state index contributed by atoms with van der Waals surface area (Å²) in [4.78, 5) is 10.5. The number of fused-ring (bicyclic) bond motifs is 2. The van der Waals surface area contributed by atoms with Gasteiger partial charge in [-0.3, -0.25) is 0 Å². The minimum atomic E-state index is 0.448. The van der Waals surface area contributed by atoms with Gasteiger partial charge >= 0.3 is 0 Å². The zero-order valence-corrected chi connectivity index (χ0v) is 8.05. The van der Waals surface area contributed by atoms with Gasteiger partial charge in [-0.2, -0.15) is 0 Å². The largest absolute Gasteiger partial charge is 0.303 e. The average molecular weight is 166 g/mol. The summed E-state index contributed by atoms with van der Waals surface area (Å²) in [5.41, 5.74) is 0.448. The standard InChI is InChI=1S/C11H18O/c1-11(2)9-4-3-8(7-9)10(11)5-6-12/h6,8-10H,3-5,7H2,1-2H3. The molecule has 68 valence electrons. The van der Waals surface area contributed by atoms with Crippen LogP contribution in [0.2, 0.25) is 0 Å². The molecule has 0 saturated heterocycles. The molecule has 2 rings (SSSR count). The van der Waals surface area contributed by atoms with Crippen LogP contribution in [0.4, 0.5) is 0 Å². The van der Waals surface area contributed by atoms with Gasteiger partial charge in [-0.05, 0) is 42.4 Å². The van der Waals surface area contributed by atoms with E-state index >= 15 is 0 Å². The molecule has 0 radical (unpaired) electrons. The first-order valence-electron chi connectivity index (χ1n) is 5.10. The molecule has 0 aromatic carbocycles. The number of carbonyl (C=O) groups excluding carboxylic acids is 1. The molecule has 2 aliphatic rings. The van der Waals surface area contributed by atoms with Crippen molar-refractivity contribution in [1.82, 2.24) is 0 Å². The molecule has 0 heterocycles. The second-order valence-corrected chi connectivity index (χ2v) is 5.10. The molecule has 0 N–H and O–H groups in total. The Labute approximate surface area is 74.5 Å². The summed E-state index contributed by atoms with van der Waals surface area (Å²) in [6.45, 7) is 4.70. The van der Waals surface area contributed by atoms with E-state index < -0.39 is 0 Å². The number of hydrogen-bond acceptors (Lipinski definition) is 1. The van der Waals surface area contributed by atoms with E-state index in [2.05, 4.69) is 13.8 Å². The van der Waals surface area contributed by atoms with E-state index in [1.807, 2.05) is 0 Å². The Hall–Kier alpha value is -0.330. The molecule has 2 bridgehead atoms. The van der Waals surface area contributed by atoms with Gasteiger partial charge in [-0.1, -0.05) is 13.8 Å². The maximum Gasteiger partial charge on any atom is 0.120 e. The summed E-state index contributed by atoms with van der Waals surface area (Å²) in [6.07, 6.45) is 6.10. The summed E-state index contributed by atoms with van der Waals surface area (Å²) in [5.74, 6) is 2.47. The fourth-order valence-corrected chi connectivity index (χ4v) is 3.57. The summed E-state index contributed by atoms with van der Waals surface area (Å²) in [5, 5.41) is 0. The van der Waals surface area contributed by atoms with Crippen LogP contribution in [0.15, 0.2) is 0 Å². The zero-order valence-electron chi connectivity index (χ0n) is 8.05. The second-order valence-electron chi connectivity index (χ2n) is 5.10. The highest BCUT2D eigenvalue weighted by atomic mass is 16.1. The molecule has 3 atom stereocenters. The lowest BCUT2D eigenvalue weighted by atomic mass is 9.68. The quantitative estimate of drug-likeness (QED) is 0.576. The van der Waals surface area contributed by atoms with E-state index in [0.29, 0.717) is 11.3 Å². The van der Waals surface area contributed by atoms with Crippen LogP contribution < -0.4 is 0 Å². The Kier molecular flexibility index (Phi) is 1.78. The van der Waals surface area contributed by atoms with Crippen molar-refractivity contribution in [2.45, 2.75) is 39.5 Å². The second kappa shape index (κ2) is 2.58. The third kappa shape index (κ3) is 0.949. The minimum absolute atomic E-state index is 0.448. The number of aldehydes is 1. The first-order chi connectivity index (χ1) is 5.66. The van der Waals surface area contributed by atoms with Crippen LogP contribution in [-0.2, 0) is 4.79 Å². The summed E-state index contributed by atoms with van der Waals surface area (Å²) < 4.78 is 0. The lowest BCUT2D eigenvalue weighted by Gasteiger charge is -2.37. The van der Waals surface area contributed by atoms with Crippen molar-refractivity contribution in [2.75, 3.05) is 0 Å². The van der Waals surface area contributed by atoms with Crippen molar-refractivity contribution < 1.29 is 4.79 Å². The SMILES string of the molecule is CC1(C)C2CCC(C2)C1CC=O. The third-order valence-electron chi connectivity index (χ3n) is 4.40. The first-order valence-corrected chi connectivity index (χ1v) is 5.10. The Balaban J connectivity index is 2.17. The van der Waals surface area contributed by atoms with Crippen LogP contribution >= 0.6 is 0 Å². The van der Waals surface area contributed by atoms with Gasteiger partial charge in [-0.15, -0.1) is 0 Å². The smallest absolute Gasteiger partial charge is 0.120 e. The van der Waals surface area contributed by atoms with Gasteiger partial charge in [0.15, 0.2) is 0 Å². The van der Waals surface area contributed by atoms with Crippen LogP contribution in [0.25, 0.3) is 0 Å². The van der Waals surface area contributed by atoms with E-state index in [9.17, 15) is 4.79 Å². The van der Waals surface area contributed by atoms with Crippen molar-refractivity contribution >= 4 is 6.29 Å². The molecule has 2 saturated carbocycles. The molecule has 0 aromatic heterocycles. The predicted octanol–water partition coefficient (Wildman–Crippen LogP) is 2.65. The van der Waals surface area contributed by atoms with Crippen LogP contribution in [0.5, 0.6) is 0 Å². The van der Waals surface area contributed by atoms with E-state index in [1.54, 1.807) is 0 Å². The topological polar surface area (TPSA) is 17.1 Å². The van der Waals surface area contributed by atoms with Gasteiger partial charge < -0.3 is 4.79 Å². The number of carbonyl (C=O) groups is 1. The summed E-state index contributed by atoms with van der Waals surface area (Å²) in [7, 11) is 0. The molecule has 0 amide bonds. The molecule has 3 unspecified atom stereocenters. The molecule has 0 aromatic rings. The Bertz CT molecular complexity index is 195. The molecule has 1 heteroatoms. The average Bonchev–Trinajstić information content (AvgIpc) is 2.53. The molecule has 0 aliphatic heterocycles. The van der Waals surface area contributed by atoms with E-state index in [-0.39, 0.29) is 0 Å². The first kappa shape index (κ1) is 8.28. The Morgan fingerprint density at radius 3 is 2.67 bits per heavy atom. The lowest BCUT2D eigenvalue weighted by molar-refractivity contribution is -0.110. The predicted molar refractivity (Wildman–Crippen MR) is 48.8 cm³/mol. The zero-order chi connectivity index (χ0) is 8.77. The number of rotatable bonds is 2. The van der Waals surface area contributed by atoms with Crippen molar-refractivity contribution in [3.8, 4) is 0 Å². The van der Waals surface area contributed by atoms with Crippen molar-refractivity contribution in [3.05, 3.63) is 0 Å². The van der Waals surface area contributed by atoms with Gasteiger partial charge in [0.2, 0.25) is 0 Å². The van der Waals surface area contributed by atoms with Crippen molar-refractivity contribution in [1.29, 1.82) is 0 Å². The van der Waals surface area contributed by atoms with Crippen molar-refractivity contribution in [3.63, 3.8) is 0 Å². The van der Waals surface area contributed by atoms with Gasteiger partial charge in [0.05, 0.1) is 0 Å². The highest BCUT2D eigenvalue weighted by Gasteiger charge is 2.51. The molecule has 2 aliphatic carbocycles. The summed E-state index contributed by atoms with van der Waals surface area (Å²) in [6, 6.07) is 0. The van der Waals surface area contributed by atoms with E-state index in [0.717, 1.165) is 24.5 Å². The van der Waals surface area contributed by atoms with Crippen molar-refractivity contribution in [2.24, 2.45) is 23.2 Å². The van der Waals surface area contributed by atoms with Crippen LogP contribution in [0.1, 0.15) is 39.5 Å². The lowest BCUT2D eigenvalue weighted by Crippen LogP contribution is -2.30. The number of hydrogen-bond donors (Lipinski definition) is 0. The maximum atomic E-state index is 10.5. The molecular formula is C11H18O. The van der Waals surface area contributed by atoms with E-state index in [4.69, 9.17) is 0 Å².